The molecule has 2 rings (SSSR count). The Bertz CT molecular complexity index is 587. The summed E-state index contributed by atoms with van der Waals surface area (Å²) >= 11 is 0. The van der Waals surface area contributed by atoms with Crippen LogP contribution in [-0.4, -0.2) is 27.0 Å². The zero-order chi connectivity index (χ0) is 13.3. The number of aromatic nitrogens is 2. The number of carboxylic acid groups (broad SMARTS) is 1. The molecule has 3 N–H and O–H groups in total. The third-order valence-corrected chi connectivity index (χ3v) is 3.01. The van der Waals surface area contributed by atoms with Crippen molar-refractivity contribution in [3.63, 3.8) is 0 Å². The minimum Gasteiger partial charge on any atom is -0.476 e. The third-order valence-electron chi connectivity index (χ3n) is 3.01. The van der Waals surface area contributed by atoms with Crippen molar-refractivity contribution in [1.82, 2.24) is 9.38 Å². The molecule has 5 nitrogen and oxygen atoms in total. The second-order valence-corrected chi connectivity index (χ2v) is 5.18. The fourth-order valence-corrected chi connectivity index (χ4v) is 1.88. The van der Waals surface area contributed by atoms with E-state index in [4.69, 9.17) is 10.8 Å². The summed E-state index contributed by atoms with van der Waals surface area (Å²) in [5.74, 6) is -0.269. The molecule has 5 heteroatoms. The lowest BCUT2D eigenvalue weighted by Gasteiger charge is -2.21. The zero-order valence-corrected chi connectivity index (χ0v) is 10.6. The Kier molecular flexibility index (Phi) is 3.09. The number of aromatic carboxylic acids is 1. The second-order valence-electron chi connectivity index (χ2n) is 5.18. The van der Waals surface area contributed by atoms with Crippen molar-refractivity contribution in [2.24, 2.45) is 11.1 Å². The Morgan fingerprint density at radius 3 is 2.83 bits per heavy atom. The van der Waals surface area contributed by atoms with E-state index in [1.165, 1.54) is 0 Å². The van der Waals surface area contributed by atoms with E-state index in [1.807, 2.05) is 30.5 Å². The van der Waals surface area contributed by atoms with Crippen LogP contribution in [0, 0.1) is 5.41 Å². The van der Waals surface area contributed by atoms with E-state index in [-0.39, 0.29) is 11.1 Å². The molecule has 0 spiro atoms. The summed E-state index contributed by atoms with van der Waals surface area (Å²) in [6.07, 6.45) is 2.47. The highest BCUT2D eigenvalue weighted by Crippen LogP contribution is 2.22. The van der Waals surface area contributed by atoms with Crippen LogP contribution in [0.25, 0.3) is 5.52 Å². The van der Waals surface area contributed by atoms with Gasteiger partial charge < -0.3 is 15.2 Å². The van der Waals surface area contributed by atoms with Crippen molar-refractivity contribution in [3.05, 3.63) is 35.9 Å². The first-order valence-electron chi connectivity index (χ1n) is 5.84. The van der Waals surface area contributed by atoms with E-state index >= 15 is 0 Å². The number of rotatable bonds is 4. The minimum absolute atomic E-state index is 0.0958. The number of hydrogen-bond acceptors (Lipinski definition) is 3. The van der Waals surface area contributed by atoms with Gasteiger partial charge in [0.15, 0.2) is 5.69 Å². The first kappa shape index (κ1) is 12.6. The lowest BCUT2D eigenvalue weighted by Crippen LogP contribution is -2.26. The van der Waals surface area contributed by atoms with E-state index in [0.29, 0.717) is 18.5 Å². The number of imidazole rings is 1. The number of pyridine rings is 1. The van der Waals surface area contributed by atoms with Gasteiger partial charge in [-0.2, -0.15) is 0 Å². The minimum atomic E-state index is -1.00. The van der Waals surface area contributed by atoms with Gasteiger partial charge in [-0.05, 0) is 24.1 Å². The van der Waals surface area contributed by atoms with E-state index in [9.17, 15) is 4.79 Å². The molecule has 0 radical (unpaired) electrons. The number of carboxylic acids is 1. The van der Waals surface area contributed by atoms with Gasteiger partial charge in [-0.1, -0.05) is 19.9 Å². The number of nitrogens with zero attached hydrogens (tertiary/aromatic N) is 2. The maximum atomic E-state index is 11.2. The Hall–Kier alpha value is -1.88. The molecular formula is C13H17N3O2. The number of hydrogen-bond donors (Lipinski definition) is 2. The molecule has 0 amide bonds. The summed E-state index contributed by atoms with van der Waals surface area (Å²) < 4.78 is 1.82. The Labute approximate surface area is 105 Å². The van der Waals surface area contributed by atoms with Gasteiger partial charge in [0.05, 0.1) is 5.52 Å². The average Bonchev–Trinajstić information content (AvgIpc) is 2.68. The Balaban J connectivity index is 2.55. The monoisotopic (exact) mass is 247 g/mol. The molecule has 2 heterocycles. The van der Waals surface area contributed by atoms with Gasteiger partial charge in [-0.25, -0.2) is 9.78 Å². The molecule has 2 aromatic rings. The number of fused-ring (bicyclic) bond motifs is 1. The Morgan fingerprint density at radius 2 is 2.22 bits per heavy atom. The summed E-state index contributed by atoms with van der Waals surface area (Å²) in [5, 5.41) is 9.15. The SMILES string of the molecule is CC(C)(CN)Cc1nc(C(=O)O)c2ccccn12. The fourth-order valence-electron chi connectivity index (χ4n) is 1.88. The smallest absolute Gasteiger partial charge is 0.356 e. The molecule has 0 aromatic carbocycles. The molecule has 18 heavy (non-hydrogen) atoms. The fraction of sp³-hybridized carbons (Fsp3) is 0.385. The summed E-state index contributed by atoms with van der Waals surface area (Å²) in [4.78, 5) is 15.4. The normalized spacial score (nSPS) is 11.9. The molecule has 0 aliphatic heterocycles. The average molecular weight is 247 g/mol. The van der Waals surface area contributed by atoms with Crippen LogP contribution in [0.5, 0.6) is 0 Å². The number of nitrogens with two attached hydrogens (primary N) is 1. The molecule has 0 saturated carbocycles. The molecular weight excluding hydrogens is 230 g/mol. The second kappa shape index (κ2) is 4.42. The van der Waals surface area contributed by atoms with E-state index < -0.39 is 5.97 Å². The van der Waals surface area contributed by atoms with Crippen molar-refractivity contribution < 1.29 is 9.90 Å². The van der Waals surface area contributed by atoms with Gasteiger partial charge in [-0.3, -0.25) is 0 Å². The zero-order valence-electron chi connectivity index (χ0n) is 10.6. The van der Waals surface area contributed by atoms with Crippen LogP contribution in [0.1, 0.15) is 30.2 Å². The van der Waals surface area contributed by atoms with Gasteiger partial charge in [0, 0.05) is 12.6 Å². The van der Waals surface area contributed by atoms with Crippen LogP contribution >= 0.6 is 0 Å². The summed E-state index contributed by atoms with van der Waals surface area (Å²) in [6.45, 7) is 4.60. The van der Waals surface area contributed by atoms with Gasteiger partial charge in [-0.15, -0.1) is 0 Å². The molecule has 0 aliphatic rings. The third kappa shape index (κ3) is 2.22. The molecule has 0 bridgehead atoms. The topological polar surface area (TPSA) is 80.6 Å². The lowest BCUT2D eigenvalue weighted by molar-refractivity contribution is 0.0693. The molecule has 0 aliphatic carbocycles. The highest BCUT2D eigenvalue weighted by Gasteiger charge is 2.22. The first-order chi connectivity index (χ1) is 8.44. The molecule has 0 atom stereocenters. The summed E-state index contributed by atoms with van der Waals surface area (Å²) in [5.41, 5.74) is 6.32. The van der Waals surface area contributed by atoms with Crippen molar-refractivity contribution >= 4 is 11.5 Å². The standard InChI is InChI=1S/C13H17N3O2/c1-13(2,8-14)7-10-15-11(12(17)18)9-5-3-4-6-16(9)10/h3-6H,7-8,14H2,1-2H3,(H,17,18). The highest BCUT2D eigenvalue weighted by atomic mass is 16.4. The van der Waals surface area contributed by atoms with Crippen LogP contribution in [0.4, 0.5) is 0 Å². The predicted molar refractivity (Wildman–Crippen MR) is 68.7 cm³/mol. The van der Waals surface area contributed by atoms with Gasteiger partial charge in [0.25, 0.3) is 0 Å². The van der Waals surface area contributed by atoms with Crippen LogP contribution < -0.4 is 5.73 Å². The lowest BCUT2D eigenvalue weighted by atomic mass is 9.89. The largest absolute Gasteiger partial charge is 0.476 e. The molecule has 2 aromatic heterocycles. The van der Waals surface area contributed by atoms with E-state index in [2.05, 4.69) is 4.98 Å². The van der Waals surface area contributed by atoms with Gasteiger partial charge >= 0.3 is 5.97 Å². The first-order valence-corrected chi connectivity index (χ1v) is 5.84. The summed E-state index contributed by atoms with van der Waals surface area (Å²) in [6, 6.07) is 5.43. The van der Waals surface area contributed by atoms with Crippen molar-refractivity contribution in [1.29, 1.82) is 0 Å². The van der Waals surface area contributed by atoms with Crippen molar-refractivity contribution in [2.45, 2.75) is 20.3 Å². The van der Waals surface area contributed by atoms with E-state index in [0.717, 1.165) is 5.82 Å². The van der Waals surface area contributed by atoms with Crippen LogP contribution in [0.15, 0.2) is 24.4 Å². The van der Waals surface area contributed by atoms with Crippen molar-refractivity contribution in [2.75, 3.05) is 6.54 Å². The summed E-state index contributed by atoms with van der Waals surface area (Å²) in [7, 11) is 0. The van der Waals surface area contributed by atoms with E-state index in [1.54, 1.807) is 12.1 Å². The van der Waals surface area contributed by atoms with Crippen molar-refractivity contribution in [3.8, 4) is 0 Å². The Morgan fingerprint density at radius 1 is 1.50 bits per heavy atom. The van der Waals surface area contributed by atoms with Crippen LogP contribution in [-0.2, 0) is 6.42 Å². The number of carbonyl (C=O) groups is 1. The molecule has 0 fully saturated rings. The molecule has 96 valence electrons. The van der Waals surface area contributed by atoms with Gasteiger partial charge in [0.2, 0.25) is 0 Å². The predicted octanol–water partition coefficient (Wildman–Crippen LogP) is 1.56. The maximum absolute atomic E-state index is 11.2. The van der Waals surface area contributed by atoms with Gasteiger partial charge in [0.1, 0.15) is 5.82 Å². The maximum Gasteiger partial charge on any atom is 0.356 e. The van der Waals surface area contributed by atoms with Crippen LogP contribution in [0.3, 0.4) is 0 Å². The molecule has 0 unspecified atom stereocenters. The van der Waals surface area contributed by atoms with Crippen LogP contribution in [0.2, 0.25) is 0 Å². The highest BCUT2D eigenvalue weighted by molar-refractivity contribution is 5.93. The molecule has 0 saturated heterocycles. The quantitative estimate of drug-likeness (QED) is 0.859.